The van der Waals surface area contributed by atoms with Gasteiger partial charge in [0.25, 0.3) is 0 Å². The number of rotatable bonds is 3. The van der Waals surface area contributed by atoms with E-state index in [0.717, 1.165) is 17.2 Å². The summed E-state index contributed by atoms with van der Waals surface area (Å²) in [7, 11) is -3.28. The fraction of sp³-hybridized carbons (Fsp3) is 0.0625. The lowest BCUT2D eigenvalue weighted by molar-refractivity contribution is 0.0692. The van der Waals surface area contributed by atoms with Crippen molar-refractivity contribution in [3.05, 3.63) is 54.2 Å². The minimum atomic E-state index is -3.28. The van der Waals surface area contributed by atoms with Gasteiger partial charge >= 0.3 is 5.97 Å². The van der Waals surface area contributed by atoms with E-state index in [-0.39, 0.29) is 10.6 Å². The third-order valence-electron chi connectivity index (χ3n) is 3.49. The molecule has 0 saturated heterocycles. The SMILES string of the molecule is CS(=O)(=O)c1ccc(-c2c(C(=O)O)[nH]c3ccccc23)cc1. The Labute approximate surface area is 127 Å². The third-order valence-corrected chi connectivity index (χ3v) is 4.62. The van der Waals surface area contributed by atoms with Gasteiger partial charge in [0.2, 0.25) is 0 Å². The van der Waals surface area contributed by atoms with E-state index in [9.17, 15) is 18.3 Å². The van der Waals surface area contributed by atoms with Crippen LogP contribution >= 0.6 is 0 Å². The van der Waals surface area contributed by atoms with E-state index in [1.165, 1.54) is 12.1 Å². The van der Waals surface area contributed by atoms with Crippen molar-refractivity contribution >= 4 is 26.7 Å². The first kappa shape index (κ1) is 14.3. The summed E-state index contributed by atoms with van der Waals surface area (Å²) in [4.78, 5) is 14.6. The summed E-state index contributed by atoms with van der Waals surface area (Å²) >= 11 is 0. The highest BCUT2D eigenvalue weighted by Gasteiger charge is 2.18. The summed E-state index contributed by atoms with van der Waals surface area (Å²) in [6.45, 7) is 0. The van der Waals surface area contributed by atoms with Gasteiger partial charge in [0, 0.05) is 22.7 Å². The summed E-state index contributed by atoms with van der Waals surface area (Å²) < 4.78 is 23.0. The second-order valence-corrected chi connectivity index (χ2v) is 7.04. The zero-order valence-electron chi connectivity index (χ0n) is 11.7. The molecule has 0 spiro atoms. The van der Waals surface area contributed by atoms with Crippen molar-refractivity contribution in [3.63, 3.8) is 0 Å². The molecule has 0 aliphatic rings. The van der Waals surface area contributed by atoms with E-state index in [4.69, 9.17) is 0 Å². The van der Waals surface area contributed by atoms with Gasteiger partial charge in [-0.25, -0.2) is 13.2 Å². The van der Waals surface area contributed by atoms with E-state index in [1.54, 1.807) is 18.2 Å². The molecule has 2 N–H and O–H groups in total. The fourth-order valence-electron chi connectivity index (χ4n) is 2.47. The Kier molecular flexibility index (Phi) is 3.26. The molecule has 0 bridgehead atoms. The Hall–Kier alpha value is -2.60. The van der Waals surface area contributed by atoms with Crippen molar-refractivity contribution in [3.8, 4) is 11.1 Å². The van der Waals surface area contributed by atoms with Gasteiger partial charge in [-0.05, 0) is 23.8 Å². The molecule has 0 fully saturated rings. The van der Waals surface area contributed by atoms with Gasteiger partial charge in [0.05, 0.1) is 4.90 Å². The number of carboxylic acids is 1. The number of para-hydroxylation sites is 1. The minimum absolute atomic E-state index is 0.0910. The lowest BCUT2D eigenvalue weighted by Crippen LogP contribution is -1.99. The maximum Gasteiger partial charge on any atom is 0.352 e. The van der Waals surface area contributed by atoms with Crippen LogP contribution in [0.3, 0.4) is 0 Å². The molecule has 2 aromatic carbocycles. The van der Waals surface area contributed by atoms with Crippen LogP contribution < -0.4 is 0 Å². The van der Waals surface area contributed by atoms with Crippen molar-refractivity contribution in [2.24, 2.45) is 0 Å². The van der Waals surface area contributed by atoms with E-state index >= 15 is 0 Å². The number of aromatic amines is 1. The Morgan fingerprint density at radius 1 is 1.05 bits per heavy atom. The molecule has 5 nitrogen and oxygen atoms in total. The molecule has 112 valence electrons. The van der Waals surface area contributed by atoms with Crippen molar-refractivity contribution in [2.75, 3.05) is 6.26 Å². The van der Waals surface area contributed by atoms with Crippen LogP contribution in [0.25, 0.3) is 22.0 Å². The van der Waals surface area contributed by atoms with Gasteiger partial charge in [0.1, 0.15) is 5.69 Å². The quantitative estimate of drug-likeness (QED) is 0.778. The van der Waals surface area contributed by atoms with E-state index in [1.807, 2.05) is 18.2 Å². The van der Waals surface area contributed by atoms with Gasteiger partial charge < -0.3 is 10.1 Å². The molecule has 0 aliphatic carbocycles. The Morgan fingerprint density at radius 3 is 2.27 bits per heavy atom. The number of sulfone groups is 1. The lowest BCUT2D eigenvalue weighted by atomic mass is 10.0. The molecule has 3 aromatic rings. The Bertz CT molecular complexity index is 969. The molecule has 0 aliphatic heterocycles. The van der Waals surface area contributed by atoms with Crippen LogP contribution in [0.15, 0.2) is 53.4 Å². The van der Waals surface area contributed by atoms with E-state index in [2.05, 4.69) is 4.98 Å². The summed E-state index contributed by atoms with van der Waals surface area (Å²) in [5.74, 6) is -1.06. The summed E-state index contributed by atoms with van der Waals surface area (Å²) in [6.07, 6.45) is 1.14. The average molecular weight is 315 g/mol. The number of nitrogens with one attached hydrogen (secondary N) is 1. The molecular formula is C16H13NO4S. The molecule has 0 atom stereocenters. The zero-order chi connectivity index (χ0) is 15.9. The number of hydrogen-bond acceptors (Lipinski definition) is 3. The normalized spacial score (nSPS) is 11.7. The topological polar surface area (TPSA) is 87.2 Å². The molecule has 22 heavy (non-hydrogen) atoms. The second-order valence-electron chi connectivity index (χ2n) is 5.02. The Balaban J connectivity index is 2.25. The summed E-state index contributed by atoms with van der Waals surface area (Å²) in [5.41, 5.74) is 2.03. The number of benzene rings is 2. The minimum Gasteiger partial charge on any atom is -0.477 e. The number of aromatic carboxylic acids is 1. The van der Waals surface area contributed by atoms with Crippen LogP contribution in [-0.4, -0.2) is 30.7 Å². The van der Waals surface area contributed by atoms with Gasteiger partial charge in [-0.15, -0.1) is 0 Å². The maximum atomic E-state index is 11.5. The molecule has 0 amide bonds. The van der Waals surface area contributed by atoms with Gasteiger partial charge in [0.15, 0.2) is 9.84 Å². The van der Waals surface area contributed by atoms with Gasteiger partial charge in [-0.1, -0.05) is 30.3 Å². The van der Waals surface area contributed by atoms with Crippen LogP contribution in [0, 0.1) is 0 Å². The predicted molar refractivity (Wildman–Crippen MR) is 83.8 cm³/mol. The smallest absolute Gasteiger partial charge is 0.352 e. The molecule has 1 heterocycles. The number of aromatic nitrogens is 1. The maximum absolute atomic E-state index is 11.5. The third kappa shape index (κ3) is 2.37. The molecule has 0 radical (unpaired) electrons. The van der Waals surface area contributed by atoms with E-state index in [0.29, 0.717) is 11.1 Å². The highest BCUT2D eigenvalue weighted by atomic mass is 32.2. The van der Waals surface area contributed by atoms with Crippen LogP contribution in [0.1, 0.15) is 10.5 Å². The van der Waals surface area contributed by atoms with Crippen molar-refractivity contribution in [1.82, 2.24) is 4.98 Å². The summed E-state index contributed by atoms with van der Waals surface area (Å²) in [6, 6.07) is 13.5. The number of fused-ring (bicyclic) bond motifs is 1. The average Bonchev–Trinajstić information content (AvgIpc) is 2.86. The van der Waals surface area contributed by atoms with Gasteiger partial charge in [-0.2, -0.15) is 0 Å². The van der Waals surface area contributed by atoms with Crippen molar-refractivity contribution < 1.29 is 18.3 Å². The number of hydrogen-bond donors (Lipinski definition) is 2. The fourth-order valence-corrected chi connectivity index (χ4v) is 3.10. The largest absolute Gasteiger partial charge is 0.477 e. The monoisotopic (exact) mass is 315 g/mol. The number of carbonyl (C=O) groups is 1. The predicted octanol–water partition coefficient (Wildman–Crippen LogP) is 2.94. The lowest BCUT2D eigenvalue weighted by Gasteiger charge is -2.04. The molecular weight excluding hydrogens is 302 g/mol. The first-order chi connectivity index (χ1) is 10.4. The highest BCUT2D eigenvalue weighted by molar-refractivity contribution is 7.90. The standard InChI is InChI=1S/C16H13NO4S/c1-22(20,21)11-8-6-10(7-9-11)14-12-4-2-3-5-13(12)17-15(14)16(18)19/h2-9,17H,1H3,(H,18,19). The van der Waals surface area contributed by atoms with Crippen LogP contribution in [0.5, 0.6) is 0 Å². The summed E-state index contributed by atoms with van der Waals surface area (Å²) in [5, 5.41) is 10.2. The van der Waals surface area contributed by atoms with Crippen molar-refractivity contribution in [1.29, 1.82) is 0 Å². The Morgan fingerprint density at radius 2 is 1.68 bits per heavy atom. The second kappa shape index (κ2) is 4.99. The molecule has 0 saturated carbocycles. The highest BCUT2D eigenvalue weighted by Crippen LogP contribution is 2.33. The van der Waals surface area contributed by atoms with Gasteiger partial charge in [-0.3, -0.25) is 0 Å². The first-order valence-electron chi connectivity index (χ1n) is 6.52. The zero-order valence-corrected chi connectivity index (χ0v) is 12.5. The first-order valence-corrected chi connectivity index (χ1v) is 8.41. The molecule has 6 heteroatoms. The number of H-pyrrole nitrogens is 1. The molecule has 3 rings (SSSR count). The van der Waals surface area contributed by atoms with Crippen LogP contribution in [0.4, 0.5) is 0 Å². The van der Waals surface area contributed by atoms with E-state index < -0.39 is 15.8 Å². The van der Waals surface area contributed by atoms with Crippen LogP contribution in [0.2, 0.25) is 0 Å². The van der Waals surface area contributed by atoms with Crippen molar-refractivity contribution in [2.45, 2.75) is 4.90 Å². The van der Waals surface area contributed by atoms with Crippen LogP contribution in [-0.2, 0) is 9.84 Å². The number of carboxylic acid groups (broad SMARTS) is 1. The molecule has 0 unspecified atom stereocenters. The molecule has 1 aromatic heterocycles.